The van der Waals surface area contributed by atoms with Crippen molar-refractivity contribution < 1.29 is 9.53 Å². The highest BCUT2D eigenvalue weighted by atomic mass is 16.5. The molecule has 0 unspecified atom stereocenters. The molecule has 1 fully saturated rings. The summed E-state index contributed by atoms with van der Waals surface area (Å²) in [7, 11) is 0. The molecule has 1 heterocycles. The molecule has 1 saturated carbocycles. The SMILES string of the molecule is CCOC(=O)[C@@H]1[C@@H](c2ccc(C)cc2)[C@@]12C(C)=Nc1ccccc12. The molecule has 1 aliphatic heterocycles. The number of nitrogens with zero attached hydrogens (tertiary/aromatic N) is 1. The monoisotopic (exact) mass is 319 g/mol. The van der Waals surface area contributed by atoms with Crippen LogP contribution in [0.5, 0.6) is 0 Å². The average molecular weight is 319 g/mol. The first-order valence-corrected chi connectivity index (χ1v) is 8.49. The van der Waals surface area contributed by atoms with E-state index in [1.165, 1.54) is 11.1 Å². The quantitative estimate of drug-likeness (QED) is 0.791. The second-order valence-electron chi connectivity index (χ2n) is 6.70. The lowest BCUT2D eigenvalue weighted by atomic mass is 9.87. The Morgan fingerprint density at radius 1 is 1.12 bits per heavy atom. The molecule has 0 amide bonds. The Balaban J connectivity index is 1.85. The van der Waals surface area contributed by atoms with Crippen molar-refractivity contribution >= 4 is 17.4 Å². The van der Waals surface area contributed by atoms with Crippen LogP contribution in [0.1, 0.15) is 36.5 Å². The van der Waals surface area contributed by atoms with Crippen LogP contribution in [-0.2, 0) is 14.9 Å². The van der Waals surface area contributed by atoms with Gasteiger partial charge in [-0.25, -0.2) is 0 Å². The van der Waals surface area contributed by atoms with Gasteiger partial charge in [-0.15, -0.1) is 0 Å². The number of rotatable bonds is 3. The highest BCUT2D eigenvalue weighted by Gasteiger charge is 2.73. The molecule has 0 aromatic heterocycles. The fourth-order valence-corrected chi connectivity index (χ4v) is 4.35. The highest BCUT2D eigenvalue weighted by molar-refractivity contribution is 6.09. The number of carbonyl (C=O) groups is 1. The molecule has 0 radical (unpaired) electrons. The van der Waals surface area contributed by atoms with Crippen molar-refractivity contribution in [3.05, 3.63) is 65.2 Å². The highest BCUT2D eigenvalue weighted by Crippen LogP contribution is 2.70. The number of benzene rings is 2. The number of aryl methyl sites for hydroxylation is 1. The van der Waals surface area contributed by atoms with Gasteiger partial charge in [-0.2, -0.15) is 0 Å². The molecule has 1 spiro atoms. The van der Waals surface area contributed by atoms with E-state index in [4.69, 9.17) is 9.73 Å². The third-order valence-electron chi connectivity index (χ3n) is 5.42. The molecule has 4 rings (SSSR count). The first-order chi connectivity index (χ1) is 11.6. The number of para-hydroxylation sites is 1. The van der Waals surface area contributed by atoms with E-state index < -0.39 is 0 Å². The maximum absolute atomic E-state index is 12.7. The minimum Gasteiger partial charge on any atom is -0.466 e. The number of carbonyl (C=O) groups excluding carboxylic acids is 1. The van der Waals surface area contributed by atoms with E-state index in [1.54, 1.807) is 0 Å². The van der Waals surface area contributed by atoms with Gasteiger partial charge in [0.1, 0.15) is 0 Å². The summed E-state index contributed by atoms with van der Waals surface area (Å²) in [5, 5.41) is 0. The molecule has 122 valence electrons. The van der Waals surface area contributed by atoms with Gasteiger partial charge < -0.3 is 4.74 Å². The Morgan fingerprint density at radius 2 is 1.83 bits per heavy atom. The van der Waals surface area contributed by atoms with Gasteiger partial charge in [-0.3, -0.25) is 9.79 Å². The maximum Gasteiger partial charge on any atom is 0.310 e. The molecule has 3 atom stereocenters. The summed E-state index contributed by atoms with van der Waals surface area (Å²) in [5.74, 6) is -0.202. The number of ether oxygens (including phenoxy) is 1. The second kappa shape index (κ2) is 5.30. The van der Waals surface area contributed by atoms with Crippen LogP contribution < -0.4 is 0 Å². The van der Waals surface area contributed by atoms with Crippen LogP contribution in [0.2, 0.25) is 0 Å². The Hall–Kier alpha value is -2.42. The van der Waals surface area contributed by atoms with Crippen molar-refractivity contribution in [2.24, 2.45) is 10.9 Å². The summed E-state index contributed by atoms with van der Waals surface area (Å²) in [6.07, 6.45) is 0. The van der Waals surface area contributed by atoms with E-state index in [-0.39, 0.29) is 23.2 Å². The zero-order valence-electron chi connectivity index (χ0n) is 14.2. The molecule has 0 bridgehead atoms. The first-order valence-electron chi connectivity index (χ1n) is 8.49. The Bertz CT molecular complexity index is 837. The lowest BCUT2D eigenvalue weighted by Crippen LogP contribution is -2.22. The van der Waals surface area contributed by atoms with Crippen molar-refractivity contribution in [1.82, 2.24) is 0 Å². The third kappa shape index (κ3) is 1.90. The summed E-state index contributed by atoms with van der Waals surface area (Å²) >= 11 is 0. The molecule has 1 aliphatic carbocycles. The molecule has 3 nitrogen and oxygen atoms in total. The fraction of sp³-hybridized carbons (Fsp3) is 0.333. The van der Waals surface area contributed by atoms with Crippen LogP contribution >= 0.6 is 0 Å². The molecule has 2 aliphatic rings. The van der Waals surface area contributed by atoms with E-state index in [0.29, 0.717) is 6.61 Å². The van der Waals surface area contributed by atoms with Gasteiger partial charge in [-0.05, 0) is 38.0 Å². The van der Waals surface area contributed by atoms with E-state index in [0.717, 1.165) is 17.0 Å². The van der Waals surface area contributed by atoms with E-state index >= 15 is 0 Å². The molecule has 2 aromatic rings. The van der Waals surface area contributed by atoms with Crippen LogP contribution in [0.15, 0.2) is 53.5 Å². The van der Waals surface area contributed by atoms with Crippen molar-refractivity contribution in [3.63, 3.8) is 0 Å². The second-order valence-corrected chi connectivity index (χ2v) is 6.70. The zero-order chi connectivity index (χ0) is 16.9. The minimum atomic E-state index is -0.335. The molecule has 3 heteroatoms. The van der Waals surface area contributed by atoms with Crippen molar-refractivity contribution in [2.45, 2.75) is 32.1 Å². The number of aliphatic imine (C=N–C) groups is 1. The van der Waals surface area contributed by atoms with E-state index in [2.05, 4.69) is 37.3 Å². The van der Waals surface area contributed by atoms with E-state index in [9.17, 15) is 4.79 Å². The molecule has 24 heavy (non-hydrogen) atoms. The van der Waals surface area contributed by atoms with Crippen LogP contribution in [0, 0.1) is 12.8 Å². The molecular formula is C21H21NO2. The Labute approximate surface area is 142 Å². The molecule has 2 aromatic carbocycles. The summed E-state index contributed by atoms with van der Waals surface area (Å²) in [4.78, 5) is 17.5. The van der Waals surface area contributed by atoms with Gasteiger partial charge in [0.15, 0.2) is 0 Å². The smallest absolute Gasteiger partial charge is 0.310 e. The van der Waals surface area contributed by atoms with Gasteiger partial charge >= 0.3 is 5.97 Å². The Morgan fingerprint density at radius 3 is 2.54 bits per heavy atom. The van der Waals surface area contributed by atoms with Crippen molar-refractivity contribution in [1.29, 1.82) is 0 Å². The lowest BCUT2D eigenvalue weighted by Gasteiger charge is -2.13. The number of hydrogen-bond acceptors (Lipinski definition) is 3. The topological polar surface area (TPSA) is 38.7 Å². The zero-order valence-corrected chi connectivity index (χ0v) is 14.2. The fourth-order valence-electron chi connectivity index (χ4n) is 4.35. The number of hydrogen-bond donors (Lipinski definition) is 0. The molecular weight excluding hydrogens is 298 g/mol. The number of fused-ring (bicyclic) bond motifs is 2. The normalized spacial score (nSPS) is 26.9. The third-order valence-corrected chi connectivity index (χ3v) is 5.42. The summed E-state index contributed by atoms with van der Waals surface area (Å²) in [6.45, 7) is 6.38. The lowest BCUT2D eigenvalue weighted by molar-refractivity contribution is -0.145. The van der Waals surface area contributed by atoms with E-state index in [1.807, 2.05) is 32.0 Å². The predicted octanol–water partition coefficient (Wildman–Crippen LogP) is 4.32. The van der Waals surface area contributed by atoms with Gasteiger partial charge in [0, 0.05) is 11.6 Å². The summed E-state index contributed by atoms with van der Waals surface area (Å²) in [6, 6.07) is 16.6. The molecule has 0 N–H and O–H groups in total. The average Bonchev–Trinajstić information content (AvgIpc) is 3.19. The van der Waals surface area contributed by atoms with Crippen LogP contribution in [0.25, 0.3) is 0 Å². The molecule has 0 saturated heterocycles. The van der Waals surface area contributed by atoms with Crippen molar-refractivity contribution in [2.75, 3.05) is 6.61 Å². The number of esters is 1. The van der Waals surface area contributed by atoms with Gasteiger partial charge in [0.25, 0.3) is 0 Å². The summed E-state index contributed by atoms with van der Waals surface area (Å²) in [5.41, 5.74) is 5.23. The predicted molar refractivity (Wildman–Crippen MR) is 94.9 cm³/mol. The van der Waals surface area contributed by atoms with Gasteiger partial charge in [0.2, 0.25) is 0 Å². The standard InChI is InChI=1S/C21H21NO2/c1-4-24-20(23)19-18(15-11-9-13(2)10-12-15)21(19)14(3)22-17-8-6-5-7-16(17)21/h5-12,18-19H,4H2,1-3H3/t18-,19+,21+/m1/s1. The maximum atomic E-state index is 12.7. The van der Waals surface area contributed by atoms with Crippen LogP contribution in [0.3, 0.4) is 0 Å². The van der Waals surface area contributed by atoms with Gasteiger partial charge in [-0.1, -0.05) is 48.0 Å². The largest absolute Gasteiger partial charge is 0.466 e. The van der Waals surface area contributed by atoms with Crippen LogP contribution in [-0.4, -0.2) is 18.3 Å². The minimum absolute atomic E-state index is 0.101. The van der Waals surface area contributed by atoms with Crippen molar-refractivity contribution in [3.8, 4) is 0 Å². The first kappa shape index (κ1) is 15.1. The van der Waals surface area contributed by atoms with Crippen LogP contribution in [0.4, 0.5) is 5.69 Å². The summed E-state index contributed by atoms with van der Waals surface area (Å²) < 4.78 is 5.40. The Kier molecular flexibility index (Phi) is 3.34. The van der Waals surface area contributed by atoms with Gasteiger partial charge in [0.05, 0.1) is 23.6 Å².